The Bertz CT molecular complexity index is 620. The van der Waals surface area contributed by atoms with Gasteiger partial charge in [0.2, 0.25) is 5.82 Å². The number of aryl methyl sites for hydroxylation is 2. The van der Waals surface area contributed by atoms with Gasteiger partial charge in [0.25, 0.3) is 0 Å². The lowest BCUT2D eigenvalue weighted by atomic mass is 10.0. The fourth-order valence-electron chi connectivity index (χ4n) is 2.06. The molecule has 0 radical (unpaired) electrons. The summed E-state index contributed by atoms with van der Waals surface area (Å²) in [4.78, 5) is 18.7. The summed E-state index contributed by atoms with van der Waals surface area (Å²) in [6, 6.07) is 5.76. The Hall–Kier alpha value is -2.50. The Morgan fingerprint density at radius 3 is 2.32 bits per heavy atom. The molecule has 0 saturated carbocycles. The Kier molecular flexibility index (Phi) is 3.41. The van der Waals surface area contributed by atoms with E-state index >= 15 is 0 Å². The summed E-state index contributed by atoms with van der Waals surface area (Å²) in [6.45, 7) is 3.89. The van der Waals surface area contributed by atoms with E-state index in [1.54, 1.807) is 7.05 Å². The summed E-state index contributed by atoms with van der Waals surface area (Å²) in [6.07, 6.45) is 1.33. The van der Waals surface area contributed by atoms with Gasteiger partial charge in [0.1, 0.15) is 6.33 Å². The Morgan fingerprint density at radius 1 is 1.16 bits per heavy atom. The summed E-state index contributed by atoms with van der Waals surface area (Å²) in [5, 5.41) is 14.0. The van der Waals surface area contributed by atoms with E-state index in [1.807, 2.05) is 32.0 Å². The number of nitrogens with zero attached hydrogens (tertiary/aromatic N) is 3. The van der Waals surface area contributed by atoms with Crippen LogP contribution in [0.15, 0.2) is 24.5 Å². The first kappa shape index (κ1) is 12.9. The lowest BCUT2D eigenvalue weighted by Crippen LogP contribution is -2.03. The van der Waals surface area contributed by atoms with Crippen LogP contribution in [0.3, 0.4) is 0 Å². The molecule has 0 bridgehead atoms. The number of hydrogen-bond acceptors (Lipinski definition) is 5. The minimum atomic E-state index is -0.459. The number of aromatic nitrogens is 2. The Labute approximate surface area is 110 Å². The number of nitro groups is 1. The molecule has 1 heterocycles. The van der Waals surface area contributed by atoms with Crippen LogP contribution in [0.25, 0.3) is 11.3 Å². The third-order valence-corrected chi connectivity index (χ3v) is 2.74. The number of benzene rings is 1. The summed E-state index contributed by atoms with van der Waals surface area (Å²) in [7, 11) is 1.60. The molecule has 1 N–H and O–H groups in total. The lowest BCUT2D eigenvalue weighted by molar-refractivity contribution is -0.383. The first-order chi connectivity index (χ1) is 9.02. The molecule has 1 aromatic heterocycles. The molecule has 0 saturated heterocycles. The molecule has 0 unspecified atom stereocenters. The van der Waals surface area contributed by atoms with E-state index in [2.05, 4.69) is 15.3 Å². The van der Waals surface area contributed by atoms with Crippen LogP contribution in [-0.4, -0.2) is 21.9 Å². The normalized spacial score (nSPS) is 10.3. The van der Waals surface area contributed by atoms with Crippen LogP contribution >= 0.6 is 0 Å². The van der Waals surface area contributed by atoms with Crippen LogP contribution in [-0.2, 0) is 0 Å². The van der Waals surface area contributed by atoms with Gasteiger partial charge in [-0.2, -0.15) is 0 Å². The van der Waals surface area contributed by atoms with Crippen molar-refractivity contribution in [3.63, 3.8) is 0 Å². The molecular formula is C13H14N4O2. The monoisotopic (exact) mass is 258 g/mol. The van der Waals surface area contributed by atoms with Crippen LogP contribution < -0.4 is 5.32 Å². The van der Waals surface area contributed by atoms with Crippen molar-refractivity contribution in [2.45, 2.75) is 13.8 Å². The van der Waals surface area contributed by atoms with Gasteiger partial charge in [0.15, 0.2) is 5.69 Å². The fourth-order valence-corrected chi connectivity index (χ4v) is 2.06. The maximum absolute atomic E-state index is 11.2. The molecule has 0 spiro atoms. The summed E-state index contributed by atoms with van der Waals surface area (Å²) in [5.41, 5.74) is 3.03. The summed E-state index contributed by atoms with van der Waals surface area (Å²) in [5.74, 6) is 0.217. The number of nitrogens with one attached hydrogen (secondary N) is 1. The summed E-state index contributed by atoms with van der Waals surface area (Å²) >= 11 is 0. The fraction of sp³-hybridized carbons (Fsp3) is 0.231. The second kappa shape index (κ2) is 5.01. The predicted molar refractivity (Wildman–Crippen MR) is 73.1 cm³/mol. The molecule has 0 aliphatic carbocycles. The molecule has 6 nitrogen and oxygen atoms in total. The first-order valence-corrected chi connectivity index (χ1v) is 5.78. The van der Waals surface area contributed by atoms with Gasteiger partial charge in [-0.05, 0) is 26.0 Å². The smallest absolute Gasteiger partial charge is 0.337 e. The van der Waals surface area contributed by atoms with Crippen molar-refractivity contribution in [1.29, 1.82) is 0 Å². The van der Waals surface area contributed by atoms with Crippen LogP contribution in [0.5, 0.6) is 0 Å². The third-order valence-electron chi connectivity index (χ3n) is 2.74. The van der Waals surface area contributed by atoms with Crippen LogP contribution in [0.4, 0.5) is 11.5 Å². The summed E-state index contributed by atoms with van der Waals surface area (Å²) < 4.78 is 0. The van der Waals surface area contributed by atoms with E-state index in [4.69, 9.17) is 0 Å². The van der Waals surface area contributed by atoms with Crippen LogP contribution in [0.2, 0.25) is 0 Å². The topological polar surface area (TPSA) is 81.0 Å². The predicted octanol–water partition coefficient (Wildman–Crippen LogP) is 2.71. The molecule has 98 valence electrons. The zero-order chi connectivity index (χ0) is 14.0. The van der Waals surface area contributed by atoms with E-state index in [0.29, 0.717) is 5.69 Å². The van der Waals surface area contributed by atoms with Crippen molar-refractivity contribution >= 4 is 11.5 Å². The maximum Gasteiger partial charge on any atom is 0.337 e. The van der Waals surface area contributed by atoms with Gasteiger partial charge in [0, 0.05) is 12.6 Å². The third kappa shape index (κ3) is 2.52. The zero-order valence-electron chi connectivity index (χ0n) is 11.0. The van der Waals surface area contributed by atoms with Gasteiger partial charge in [-0.1, -0.05) is 17.2 Å². The Morgan fingerprint density at radius 2 is 1.79 bits per heavy atom. The number of hydrogen-bond donors (Lipinski definition) is 1. The Balaban J connectivity index is 2.71. The van der Waals surface area contributed by atoms with E-state index in [0.717, 1.165) is 16.7 Å². The SMILES string of the molecule is CNc1ncnc(-c2cc(C)cc(C)c2)c1[N+](=O)[O-]. The second-order valence-electron chi connectivity index (χ2n) is 4.30. The molecule has 0 amide bonds. The zero-order valence-corrected chi connectivity index (χ0v) is 11.0. The van der Waals surface area contributed by atoms with Crippen molar-refractivity contribution in [1.82, 2.24) is 9.97 Å². The highest BCUT2D eigenvalue weighted by atomic mass is 16.6. The lowest BCUT2D eigenvalue weighted by Gasteiger charge is -2.07. The molecule has 2 rings (SSSR count). The molecule has 0 atom stereocenters. The van der Waals surface area contributed by atoms with Crippen molar-refractivity contribution in [3.05, 3.63) is 45.8 Å². The van der Waals surface area contributed by atoms with Crippen molar-refractivity contribution < 1.29 is 4.92 Å². The highest BCUT2D eigenvalue weighted by Crippen LogP contribution is 2.33. The van der Waals surface area contributed by atoms with Crippen molar-refractivity contribution in [3.8, 4) is 11.3 Å². The second-order valence-corrected chi connectivity index (χ2v) is 4.30. The average Bonchev–Trinajstić information content (AvgIpc) is 2.36. The molecular weight excluding hydrogens is 244 g/mol. The van der Waals surface area contributed by atoms with Gasteiger partial charge in [-0.3, -0.25) is 10.1 Å². The molecule has 6 heteroatoms. The van der Waals surface area contributed by atoms with E-state index < -0.39 is 4.92 Å². The molecule has 19 heavy (non-hydrogen) atoms. The highest BCUT2D eigenvalue weighted by Gasteiger charge is 2.23. The minimum Gasteiger partial charge on any atom is -0.367 e. The van der Waals surface area contributed by atoms with Crippen molar-refractivity contribution in [2.24, 2.45) is 0 Å². The van der Waals surface area contributed by atoms with Gasteiger partial charge >= 0.3 is 5.69 Å². The largest absolute Gasteiger partial charge is 0.367 e. The highest BCUT2D eigenvalue weighted by molar-refractivity contribution is 5.77. The quantitative estimate of drug-likeness (QED) is 0.676. The van der Waals surface area contributed by atoms with E-state index in [1.165, 1.54) is 6.33 Å². The number of rotatable bonds is 3. The van der Waals surface area contributed by atoms with Crippen molar-refractivity contribution in [2.75, 3.05) is 12.4 Å². The molecule has 0 aliphatic heterocycles. The maximum atomic E-state index is 11.2. The minimum absolute atomic E-state index is 0.102. The van der Waals surface area contributed by atoms with Crippen LogP contribution in [0.1, 0.15) is 11.1 Å². The molecule has 0 aliphatic rings. The molecule has 1 aromatic carbocycles. The van der Waals surface area contributed by atoms with Crippen LogP contribution in [0, 0.1) is 24.0 Å². The van der Waals surface area contributed by atoms with E-state index in [9.17, 15) is 10.1 Å². The number of anilines is 1. The standard InChI is InChI=1S/C13H14N4O2/c1-8-4-9(2)6-10(5-8)11-12(17(18)19)13(14-3)16-7-15-11/h4-7H,1-3H3,(H,14,15,16). The van der Waals surface area contributed by atoms with Gasteiger partial charge < -0.3 is 5.32 Å². The first-order valence-electron chi connectivity index (χ1n) is 5.78. The van der Waals surface area contributed by atoms with Gasteiger partial charge in [-0.25, -0.2) is 9.97 Å². The molecule has 0 fully saturated rings. The molecule has 2 aromatic rings. The van der Waals surface area contributed by atoms with E-state index in [-0.39, 0.29) is 11.5 Å². The van der Waals surface area contributed by atoms with Gasteiger partial charge in [-0.15, -0.1) is 0 Å². The van der Waals surface area contributed by atoms with Gasteiger partial charge in [0.05, 0.1) is 4.92 Å². The average molecular weight is 258 g/mol.